The van der Waals surface area contributed by atoms with Gasteiger partial charge < -0.3 is 14.5 Å². The van der Waals surface area contributed by atoms with E-state index in [1.165, 1.54) is 10.6 Å². The van der Waals surface area contributed by atoms with Crippen molar-refractivity contribution in [1.82, 2.24) is 19.4 Å². The molecule has 46 heavy (non-hydrogen) atoms. The van der Waals surface area contributed by atoms with Crippen molar-refractivity contribution in [1.29, 1.82) is 0 Å². The maximum absolute atomic E-state index is 15.3. The number of likely N-dealkylation sites (tertiary alicyclic amines) is 1. The zero-order valence-corrected chi connectivity index (χ0v) is 26.0. The lowest BCUT2D eigenvalue weighted by Crippen LogP contribution is -2.58. The van der Waals surface area contributed by atoms with E-state index in [0.717, 1.165) is 36.4 Å². The third-order valence-electron chi connectivity index (χ3n) is 9.54. The zero-order valence-electron chi connectivity index (χ0n) is 25.2. The van der Waals surface area contributed by atoms with Crippen LogP contribution in [-0.2, 0) is 15.7 Å². The van der Waals surface area contributed by atoms with Crippen LogP contribution in [-0.4, -0.2) is 88.0 Å². The molecule has 1 aromatic heterocycles. The van der Waals surface area contributed by atoms with Crippen molar-refractivity contribution in [2.24, 2.45) is 0 Å². The molecule has 2 aromatic carbocycles. The monoisotopic (exact) mass is 661 g/mol. The molecule has 0 N–H and O–H groups in total. The van der Waals surface area contributed by atoms with Crippen LogP contribution in [0.5, 0.6) is 0 Å². The summed E-state index contributed by atoms with van der Waals surface area (Å²) >= 11 is 1.14. The van der Waals surface area contributed by atoms with Gasteiger partial charge in [0.2, 0.25) is 5.91 Å². The van der Waals surface area contributed by atoms with Gasteiger partial charge in [-0.05, 0) is 44.5 Å². The molecule has 244 valence electrons. The number of carbonyl (C=O) groups is 1. The number of nitrogens with zero attached hydrogens (tertiary/aromatic N) is 5. The summed E-state index contributed by atoms with van der Waals surface area (Å²) < 4.78 is 81.2. The molecule has 4 aliphatic rings. The smallest absolute Gasteiger partial charge is 0.375 e. The Morgan fingerprint density at radius 3 is 2.50 bits per heavy atom. The van der Waals surface area contributed by atoms with E-state index in [-0.39, 0.29) is 70.6 Å². The van der Waals surface area contributed by atoms with Gasteiger partial charge in [-0.15, -0.1) is 11.8 Å². The molecule has 2 bridgehead atoms. The van der Waals surface area contributed by atoms with E-state index in [1.807, 2.05) is 13.8 Å². The number of fused-ring (bicyclic) bond motifs is 2. The van der Waals surface area contributed by atoms with Crippen LogP contribution in [0.3, 0.4) is 0 Å². The Hall–Kier alpha value is -3.49. The Bertz CT molecular complexity index is 1800. The van der Waals surface area contributed by atoms with Crippen molar-refractivity contribution in [2.45, 2.75) is 61.6 Å². The number of anilines is 1. The molecular formula is C32H32F5N5O3S. The Balaban J connectivity index is 1.45. The molecule has 14 heteroatoms. The quantitative estimate of drug-likeness (QED) is 0.279. The molecule has 3 fully saturated rings. The first-order valence-electron chi connectivity index (χ1n) is 15.2. The van der Waals surface area contributed by atoms with E-state index in [4.69, 9.17) is 4.74 Å². The van der Waals surface area contributed by atoms with Gasteiger partial charge in [0.25, 0.3) is 0 Å². The molecule has 0 radical (unpaired) electrons. The van der Waals surface area contributed by atoms with Crippen LogP contribution in [0.2, 0.25) is 0 Å². The number of halogens is 5. The number of alkyl halides is 3. The van der Waals surface area contributed by atoms with Gasteiger partial charge in [0.1, 0.15) is 17.5 Å². The van der Waals surface area contributed by atoms with Crippen LogP contribution in [0.4, 0.5) is 27.8 Å². The predicted molar refractivity (Wildman–Crippen MR) is 164 cm³/mol. The minimum absolute atomic E-state index is 0.0772. The van der Waals surface area contributed by atoms with Crippen molar-refractivity contribution >= 4 is 34.4 Å². The predicted octanol–water partition coefficient (Wildman–Crippen LogP) is 5.09. The van der Waals surface area contributed by atoms with Gasteiger partial charge in [-0.2, -0.15) is 18.2 Å². The highest BCUT2D eigenvalue weighted by Crippen LogP contribution is 2.50. The number of hydrogen-bond donors (Lipinski definition) is 0. The normalized spacial score (nSPS) is 26.3. The summed E-state index contributed by atoms with van der Waals surface area (Å²) in [6.45, 7) is 9.40. The van der Waals surface area contributed by atoms with E-state index < -0.39 is 46.2 Å². The molecule has 5 atom stereocenters. The van der Waals surface area contributed by atoms with Crippen LogP contribution < -0.4 is 10.6 Å². The van der Waals surface area contributed by atoms with Crippen LogP contribution in [0.1, 0.15) is 31.9 Å². The molecule has 8 nitrogen and oxygen atoms in total. The van der Waals surface area contributed by atoms with E-state index in [2.05, 4.69) is 16.5 Å². The van der Waals surface area contributed by atoms with Crippen molar-refractivity contribution < 1.29 is 31.5 Å². The highest BCUT2D eigenvalue weighted by Gasteiger charge is 2.43. The fourth-order valence-electron chi connectivity index (χ4n) is 7.66. The molecule has 5 heterocycles. The number of carbonyl (C=O) groups excluding carboxylic acids is 1. The third-order valence-corrected chi connectivity index (χ3v) is 10.8. The number of thioether (sulfide) groups is 1. The van der Waals surface area contributed by atoms with Crippen LogP contribution >= 0.6 is 11.8 Å². The van der Waals surface area contributed by atoms with E-state index in [1.54, 1.807) is 9.80 Å². The number of hydrogen-bond acceptors (Lipinski definition) is 7. The average molecular weight is 662 g/mol. The Kier molecular flexibility index (Phi) is 7.67. The second-order valence-electron chi connectivity index (χ2n) is 12.6. The SMILES string of the molecule is C=CC(=O)N1[C@H](C)CN(c2nc(=O)n3c4c(c(-c5ccc(F)cc5F)c(C(F)(F)F)cc24)SC[C@@H]3CN2C[C@@H]3C[C@H]2CO3)C[C@@H]1C. The lowest BCUT2D eigenvalue weighted by molar-refractivity contribution is -0.137. The number of morpholine rings is 1. The second-order valence-corrected chi connectivity index (χ2v) is 13.6. The van der Waals surface area contributed by atoms with E-state index in [9.17, 15) is 27.2 Å². The Labute approximate surface area is 265 Å². The zero-order chi connectivity index (χ0) is 32.7. The average Bonchev–Trinajstić information content (AvgIpc) is 3.62. The summed E-state index contributed by atoms with van der Waals surface area (Å²) in [6, 6.07) is 2.50. The third kappa shape index (κ3) is 5.09. The maximum atomic E-state index is 15.3. The number of piperazine rings is 1. The number of aromatic nitrogens is 2. The number of ether oxygens (including phenoxy) is 1. The van der Waals surface area contributed by atoms with Gasteiger partial charge >= 0.3 is 11.9 Å². The summed E-state index contributed by atoms with van der Waals surface area (Å²) in [5.74, 6) is -1.98. The molecule has 0 saturated carbocycles. The first kappa shape index (κ1) is 31.1. The van der Waals surface area contributed by atoms with Gasteiger partial charge in [0.05, 0.1) is 29.8 Å². The molecule has 7 rings (SSSR count). The van der Waals surface area contributed by atoms with Gasteiger partial charge in [-0.25, -0.2) is 13.6 Å². The lowest BCUT2D eigenvalue weighted by Gasteiger charge is -2.45. The number of amides is 1. The highest BCUT2D eigenvalue weighted by atomic mass is 32.2. The topological polar surface area (TPSA) is 70.9 Å². The fraction of sp³-hybridized carbons (Fsp3) is 0.469. The minimum atomic E-state index is -4.92. The van der Waals surface area contributed by atoms with Crippen LogP contribution in [0.15, 0.2) is 46.6 Å². The molecule has 3 aromatic rings. The molecule has 3 saturated heterocycles. The van der Waals surface area contributed by atoms with Crippen LogP contribution in [0, 0.1) is 11.6 Å². The molecular weight excluding hydrogens is 629 g/mol. The maximum Gasteiger partial charge on any atom is 0.417 e. The summed E-state index contributed by atoms with van der Waals surface area (Å²) in [5.41, 5.74) is -2.31. The standard InChI is InChI=1S/C32H32F5N5O3S/c1-4-26(43)41-16(2)10-40(11-17(41)3)30-23-9-24(32(35,36)37)27(22-6-5-18(33)7-25(22)34)29-28(23)42(31(44)38-30)20(15-46-29)12-39-13-21-8-19(39)14-45-21/h4-7,9,16-17,19-21H,1,8,10-15H2,2-3H3/t16-,17+,19-,20-,21-/m0/s1. The van der Waals surface area contributed by atoms with Crippen molar-refractivity contribution in [2.75, 3.05) is 43.4 Å². The van der Waals surface area contributed by atoms with Gasteiger partial charge in [-0.1, -0.05) is 6.58 Å². The molecule has 0 aliphatic carbocycles. The van der Waals surface area contributed by atoms with E-state index >= 15 is 4.39 Å². The molecule has 1 amide bonds. The number of rotatable bonds is 5. The Morgan fingerprint density at radius 2 is 1.89 bits per heavy atom. The van der Waals surface area contributed by atoms with Crippen molar-refractivity contribution in [3.8, 4) is 11.1 Å². The highest BCUT2D eigenvalue weighted by molar-refractivity contribution is 7.99. The van der Waals surface area contributed by atoms with Crippen LogP contribution in [0.25, 0.3) is 22.0 Å². The fourth-order valence-corrected chi connectivity index (χ4v) is 8.98. The first-order chi connectivity index (χ1) is 21.8. The number of benzene rings is 2. The summed E-state index contributed by atoms with van der Waals surface area (Å²) in [5, 5.41) is 0.111. The van der Waals surface area contributed by atoms with Gasteiger partial charge in [0, 0.05) is 77.5 Å². The van der Waals surface area contributed by atoms with Crippen molar-refractivity contribution in [3.05, 3.63) is 64.6 Å². The minimum Gasteiger partial charge on any atom is -0.375 e. The lowest BCUT2D eigenvalue weighted by atomic mass is 9.95. The Morgan fingerprint density at radius 1 is 1.15 bits per heavy atom. The summed E-state index contributed by atoms with van der Waals surface area (Å²) in [7, 11) is 0. The summed E-state index contributed by atoms with van der Waals surface area (Å²) in [6.07, 6.45) is -2.70. The largest absolute Gasteiger partial charge is 0.417 e. The molecule has 0 spiro atoms. The molecule has 0 unspecified atom stereocenters. The molecule has 4 aliphatic heterocycles. The van der Waals surface area contributed by atoms with E-state index in [0.29, 0.717) is 25.8 Å². The van der Waals surface area contributed by atoms with Gasteiger partial charge in [0.15, 0.2) is 0 Å². The summed E-state index contributed by atoms with van der Waals surface area (Å²) in [4.78, 5) is 36.8. The second kappa shape index (κ2) is 11.3. The van der Waals surface area contributed by atoms with Gasteiger partial charge in [-0.3, -0.25) is 14.3 Å². The van der Waals surface area contributed by atoms with Crippen molar-refractivity contribution in [3.63, 3.8) is 0 Å². The first-order valence-corrected chi connectivity index (χ1v) is 16.2.